The molecular formula is C70H41N3OS. The van der Waals surface area contributed by atoms with E-state index in [4.69, 9.17) is 19.4 Å². The number of benzene rings is 11. The first-order valence-corrected chi connectivity index (χ1v) is 26.3. The first kappa shape index (κ1) is 42.0. The Morgan fingerprint density at radius 3 is 1.56 bits per heavy atom. The van der Waals surface area contributed by atoms with Crippen LogP contribution in [0.1, 0.15) is 22.3 Å². The fourth-order valence-electron chi connectivity index (χ4n) is 12.5. The molecule has 0 amide bonds. The Balaban J connectivity index is 0.859. The molecule has 3 heterocycles. The topological polar surface area (TPSA) is 51.8 Å². The molecule has 0 bridgehead atoms. The summed E-state index contributed by atoms with van der Waals surface area (Å²) in [6, 6.07) is 89.9. The SMILES string of the molecule is c1ccc(-c2cccc(-c3nc(-c4ccc5sc6ccccc6c5c4)nc(-c4cccc5oc6ccc(-c7cccc(-c8cccc9c8C8(c%10ccccc%10-c%10ccccc%108)c8ccccc8-9)c7)cc6c45)n3)c2)cc1. The van der Waals surface area contributed by atoms with Crippen molar-refractivity contribution in [2.45, 2.75) is 5.41 Å². The lowest BCUT2D eigenvalue weighted by atomic mass is 9.68. The molecule has 4 nitrogen and oxygen atoms in total. The van der Waals surface area contributed by atoms with Gasteiger partial charge in [0.2, 0.25) is 0 Å². The molecule has 2 aliphatic carbocycles. The number of nitrogens with zero attached hydrogens (tertiary/aromatic N) is 3. The predicted molar refractivity (Wildman–Crippen MR) is 309 cm³/mol. The Morgan fingerprint density at radius 2 is 0.787 bits per heavy atom. The zero-order valence-electron chi connectivity index (χ0n) is 40.3. The van der Waals surface area contributed by atoms with Crippen LogP contribution in [0.15, 0.2) is 253 Å². The zero-order valence-corrected chi connectivity index (χ0v) is 41.1. The highest BCUT2D eigenvalue weighted by Gasteiger charge is 2.52. The number of fused-ring (bicyclic) bond motifs is 16. The van der Waals surface area contributed by atoms with Gasteiger partial charge in [0.25, 0.3) is 0 Å². The number of hydrogen-bond donors (Lipinski definition) is 0. The van der Waals surface area contributed by atoms with Gasteiger partial charge in [0.1, 0.15) is 11.2 Å². The molecule has 0 aliphatic heterocycles. The minimum absolute atomic E-state index is 0.457. The normalized spacial score (nSPS) is 12.9. The van der Waals surface area contributed by atoms with Crippen LogP contribution in [0, 0.1) is 0 Å². The first-order chi connectivity index (χ1) is 37.2. The van der Waals surface area contributed by atoms with Gasteiger partial charge in [-0.05, 0) is 132 Å². The third-order valence-electron chi connectivity index (χ3n) is 15.8. The van der Waals surface area contributed by atoms with Gasteiger partial charge in [0.15, 0.2) is 17.5 Å². The van der Waals surface area contributed by atoms with Crippen LogP contribution in [0.3, 0.4) is 0 Å². The standard InChI is InChI=1S/C70H41N3OS/c1-2-16-42(17-3-1)43-18-13-21-47(39-43)67-71-68(48-35-37-64-56(41-48)53-25-7-11-33-63(53)75-64)73-69(72-67)55-28-15-32-62-65(55)57-40-45(34-36-61(57)74-62)44-19-12-20-46(38-44)49-26-14-27-54-52-24-6-10-31-60(52)70(66(49)54)58-29-8-4-22-50(58)51-23-5-9-30-59(51)70/h1-41H. The molecule has 75 heavy (non-hydrogen) atoms. The van der Waals surface area contributed by atoms with Crippen molar-refractivity contribution < 1.29 is 4.42 Å². The summed E-state index contributed by atoms with van der Waals surface area (Å²) in [5.41, 5.74) is 21.2. The number of hydrogen-bond acceptors (Lipinski definition) is 5. The van der Waals surface area contributed by atoms with Crippen molar-refractivity contribution in [3.63, 3.8) is 0 Å². The van der Waals surface area contributed by atoms with E-state index >= 15 is 0 Å². The van der Waals surface area contributed by atoms with E-state index in [-0.39, 0.29) is 0 Å². The number of aromatic nitrogens is 3. The Morgan fingerprint density at radius 1 is 0.293 bits per heavy atom. The van der Waals surface area contributed by atoms with Crippen LogP contribution in [0.5, 0.6) is 0 Å². The summed E-state index contributed by atoms with van der Waals surface area (Å²) in [5, 5.41) is 4.38. The molecule has 0 unspecified atom stereocenters. The lowest BCUT2D eigenvalue weighted by Gasteiger charge is -2.32. The van der Waals surface area contributed by atoms with Gasteiger partial charge in [-0.25, -0.2) is 15.0 Å². The van der Waals surface area contributed by atoms with E-state index in [1.54, 1.807) is 11.3 Å². The van der Waals surface area contributed by atoms with Crippen LogP contribution in [-0.4, -0.2) is 15.0 Å². The summed E-state index contributed by atoms with van der Waals surface area (Å²) in [5.74, 6) is 1.80. The molecule has 0 saturated carbocycles. The third kappa shape index (κ3) is 6.26. The van der Waals surface area contributed by atoms with Crippen molar-refractivity contribution in [3.05, 3.63) is 271 Å². The Kier molecular flexibility index (Phi) is 9.09. The van der Waals surface area contributed by atoms with Crippen LogP contribution >= 0.6 is 11.3 Å². The monoisotopic (exact) mass is 971 g/mol. The van der Waals surface area contributed by atoms with Gasteiger partial charge in [-0.1, -0.05) is 194 Å². The van der Waals surface area contributed by atoms with E-state index < -0.39 is 5.41 Å². The molecule has 16 rings (SSSR count). The van der Waals surface area contributed by atoms with Crippen LogP contribution in [0.4, 0.5) is 0 Å². The fraction of sp³-hybridized carbons (Fsp3) is 0.0143. The molecule has 14 aromatic rings. The van der Waals surface area contributed by atoms with Gasteiger partial charge in [-0.15, -0.1) is 11.3 Å². The second kappa shape index (κ2) is 16.2. The van der Waals surface area contributed by atoms with Gasteiger partial charge < -0.3 is 4.42 Å². The average molecular weight is 972 g/mol. The van der Waals surface area contributed by atoms with E-state index in [1.807, 2.05) is 18.2 Å². The highest BCUT2D eigenvalue weighted by molar-refractivity contribution is 7.25. The molecule has 1 spiro atoms. The highest BCUT2D eigenvalue weighted by Crippen LogP contribution is 2.64. The highest BCUT2D eigenvalue weighted by atomic mass is 32.1. The smallest absolute Gasteiger partial charge is 0.164 e. The minimum atomic E-state index is -0.457. The Labute approximate surface area is 436 Å². The van der Waals surface area contributed by atoms with Gasteiger partial charge >= 0.3 is 0 Å². The Bertz CT molecular complexity index is 4620. The average Bonchev–Trinajstić information content (AvgIpc) is 4.43. The summed E-state index contributed by atoms with van der Waals surface area (Å²) in [4.78, 5) is 16.0. The van der Waals surface area contributed by atoms with E-state index in [1.165, 1.54) is 75.8 Å². The molecular weight excluding hydrogens is 931 g/mol. The molecule has 0 radical (unpaired) electrons. The lowest BCUT2D eigenvalue weighted by Crippen LogP contribution is -2.26. The van der Waals surface area contributed by atoms with Gasteiger partial charge in [-0.2, -0.15) is 0 Å². The molecule has 348 valence electrons. The van der Waals surface area contributed by atoms with Crippen molar-refractivity contribution in [2.75, 3.05) is 0 Å². The number of furan rings is 1. The second-order valence-electron chi connectivity index (χ2n) is 19.7. The molecule has 2 aliphatic rings. The van der Waals surface area contributed by atoms with Crippen molar-refractivity contribution >= 4 is 53.4 Å². The van der Waals surface area contributed by atoms with Crippen molar-refractivity contribution in [2.24, 2.45) is 0 Å². The van der Waals surface area contributed by atoms with Crippen molar-refractivity contribution in [1.29, 1.82) is 0 Å². The van der Waals surface area contributed by atoms with Crippen LogP contribution < -0.4 is 0 Å². The second-order valence-corrected chi connectivity index (χ2v) is 20.8. The Hall–Kier alpha value is -9.55. The summed E-state index contributed by atoms with van der Waals surface area (Å²) in [6.45, 7) is 0. The summed E-state index contributed by atoms with van der Waals surface area (Å²) in [7, 11) is 0. The maximum absolute atomic E-state index is 6.70. The summed E-state index contributed by atoms with van der Waals surface area (Å²) >= 11 is 1.81. The predicted octanol–water partition coefficient (Wildman–Crippen LogP) is 18.5. The van der Waals surface area contributed by atoms with E-state index in [0.717, 1.165) is 60.9 Å². The van der Waals surface area contributed by atoms with E-state index in [2.05, 4.69) is 231 Å². The maximum Gasteiger partial charge on any atom is 0.164 e. The summed E-state index contributed by atoms with van der Waals surface area (Å²) < 4.78 is 9.18. The molecule has 5 heteroatoms. The van der Waals surface area contributed by atoms with Gasteiger partial charge in [0, 0.05) is 47.6 Å². The third-order valence-corrected chi connectivity index (χ3v) is 16.9. The molecule has 3 aromatic heterocycles. The van der Waals surface area contributed by atoms with E-state index in [0.29, 0.717) is 17.5 Å². The lowest BCUT2D eigenvalue weighted by molar-refractivity contribution is 0.669. The maximum atomic E-state index is 6.70. The number of rotatable bonds is 6. The van der Waals surface area contributed by atoms with Gasteiger partial charge in [0.05, 0.1) is 5.41 Å². The van der Waals surface area contributed by atoms with E-state index in [9.17, 15) is 0 Å². The minimum Gasteiger partial charge on any atom is -0.456 e. The largest absolute Gasteiger partial charge is 0.456 e. The molecule has 0 fully saturated rings. The molecule has 0 atom stereocenters. The van der Waals surface area contributed by atoms with Crippen molar-refractivity contribution in [1.82, 2.24) is 15.0 Å². The first-order valence-electron chi connectivity index (χ1n) is 25.5. The quantitative estimate of drug-likeness (QED) is 0.167. The summed E-state index contributed by atoms with van der Waals surface area (Å²) in [6.07, 6.45) is 0. The molecule has 11 aromatic carbocycles. The van der Waals surface area contributed by atoms with Crippen LogP contribution in [-0.2, 0) is 5.41 Å². The van der Waals surface area contributed by atoms with Gasteiger partial charge in [-0.3, -0.25) is 0 Å². The fourth-order valence-corrected chi connectivity index (χ4v) is 13.6. The number of thiophene rings is 1. The van der Waals surface area contributed by atoms with Crippen LogP contribution in [0.2, 0.25) is 0 Å². The zero-order chi connectivity index (χ0) is 49.2. The van der Waals surface area contributed by atoms with Crippen molar-refractivity contribution in [3.8, 4) is 89.8 Å². The molecule has 0 saturated heterocycles. The van der Waals surface area contributed by atoms with Crippen LogP contribution in [0.25, 0.3) is 132 Å². The molecule has 0 N–H and O–H groups in total.